The highest BCUT2D eigenvalue weighted by Gasteiger charge is 2.38. The maximum atomic E-state index is 12.5. The smallest absolute Gasteiger partial charge is 0.273 e. The van der Waals surface area contributed by atoms with E-state index in [9.17, 15) is 4.79 Å². The molecule has 0 radical (unpaired) electrons. The molecule has 6 heteroatoms. The molecule has 1 aromatic rings. The van der Waals surface area contributed by atoms with Crippen molar-refractivity contribution in [3.05, 3.63) is 11.4 Å². The summed E-state index contributed by atoms with van der Waals surface area (Å²) in [4.78, 5) is 12.5. The zero-order valence-electron chi connectivity index (χ0n) is 14.6. The lowest BCUT2D eigenvalue weighted by Crippen LogP contribution is -2.31. The van der Waals surface area contributed by atoms with E-state index in [2.05, 4.69) is 20.9 Å². The Morgan fingerprint density at radius 3 is 2.79 bits per heavy atom. The second kappa shape index (κ2) is 6.82. The van der Waals surface area contributed by atoms with Crippen LogP contribution in [0, 0.1) is 24.7 Å². The van der Waals surface area contributed by atoms with Gasteiger partial charge in [-0.1, -0.05) is 11.6 Å². The van der Waals surface area contributed by atoms with Crippen LogP contribution in [0.5, 0.6) is 0 Å². The van der Waals surface area contributed by atoms with Crippen LogP contribution in [-0.4, -0.2) is 40.5 Å². The van der Waals surface area contributed by atoms with E-state index in [1.54, 1.807) is 0 Å². The Bertz CT molecular complexity index is 592. The first-order valence-corrected chi connectivity index (χ1v) is 9.63. The van der Waals surface area contributed by atoms with Crippen molar-refractivity contribution in [2.75, 3.05) is 19.6 Å². The molecule has 1 saturated heterocycles. The lowest BCUT2D eigenvalue weighted by atomic mass is 9.86. The van der Waals surface area contributed by atoms with Crippen LogP contribution in [0.3, 0.4) is 0 Å². The Kier molecular flexibility index (Phi) is 4.57. The minimum absolute atomic E-state index is 0.0594. The fourth-order valence-electron chi connectivity index (χ4n) is 5.13. The van der Waals surface area contributed by atoms with Gasteiger partial charge in [-0.2, -0.15) is 0 Å². The van der Waals surface area contributed by atoms with Gasteiger partial charge in [0.25, 0.3) is 5.91 Å². The summed E-state index contributed by atoms with van der Waals surface area (Å²) in [6.07, 6.45) is 8.88. The van der Waals surface area contributed by atoms with Crippen LogP contribution < -0.4 is 10.6 Å². The number of rotatable bonds is 5. The Hall–Kier alpha value is -1.43. The first-order valence-electron chi connectivity index (χ1n) is 9.63. The molecule has 1 aliphatic heterocycles. The molecule has 3 unspecified atom stereocenters. The largest absolute Gasteiger partial charge is 0.351 e. The summed E-state index contributed by atoms with van der Waals surface area (Å²) in [5, 5.41) is 14.8. The topological polar surface area (TPSA) is 71.8 Å². The summed E-state index contributed by atoms with van der Waals surface area (Å²) in [7, 11) is 0. The Labute approximate surface area is 143 Å². The molecule has 1 amide bonds. The van der Waals surface area contributed by atoms with Gasteiger partial charge >= 0.3 is 0 Å². The molecule has 3 fully saturated rings. The number of nitrogens with zero attached hydrogens (tertiary/aromatic N) is 3. The predicted octanol–water partition coefficient (Wildman–Crippen LogP) is 2.07. The number of aromatic nitrogens is 3. The number of hydrogen-bond donors (Lipinski definition) is 2. The normalized spacial score (nSPS) is 30.0. The van der Waals surface area contributed by atoms with Gasteiger partial charge in [0.05, 0.1) is 11.7 Å². The summed E-state index contributed by atoms with van der Waals surface area (Å²) < 4.78 is 1.95. The predicted molar refractivity (Wildman–Crippen MR) is 91.8 cm³/mol. The standard InChI is InChI=1S/C18H29N5O/c1-12-17(21-22-23(12)16-5-7-19-8-6-16)18(24)20-9-4-15-11-13-2-3-14(15)10-13/h13-16,19H,2-11H2,1H3,(H,20,24). The average Bonchev–Trinajstić information content (AvgIpc) is 3.31. The zero-order valence-corrected chi connectivity index (χ0v) is 14.6. The Balaban J connectivity index is 1.30. The molecule has 0 spiro atoms. The van der Waals surface area contributed by atoms with Crippen molar-refractivity contribution >= 4 is 5.91 Å². The van der Waals surface area contributed by atoms with E-state index >= 15 is 0 Å². The van der Waals surface area contributed by atoms with Crippen molar-refractivity contribution in [2.24, 2.45) is 17.8 Å². The van der Waals surface area contributed by atoms with Crippen LogP contribution in [0.15, 0.2) is 0 Å². The molecule has 3 aliphatic rings. The second-order valence-electron chi connectivity index (χ2n) is 7.93. The Morgan fingerprint density at radius 2 is 2.08 bits per heavy atom. The number of amides is 1. The molecular formula is C18H29N5O. The van der Waals surface area contributed by atoms with Crippen LogP contribution in [0.1, 0.15) is 67.2 Å². The number of hydrogen-bond acceptors (Lipinski definition) is 4. The molecule has 2 heterocycles. The van der Waals surface area contributed by atoms with Crippen molar-refractivity contribution in [1.82, 2.24) is 25.6 Å². The van der Waals surface area contributed by atoms with E-state index in [0.717, 1.165) is 62.3 Å². The van der Waals surface area contributed by atoms with Gasteiger partial charge in [-0.3, -0.25) is 4.79 Å². The van der Waals surface area contributed by atoms with Crippen molar-refractivity contribution < 1.29 is 4.79 Å². The van der Waals surface area contributed by atoms with Crippen LogP contribution in [0.2, 0.25) is 0 Å². The third kappa shape index (κ3) is 3.08. The number of nitrogens with one attached hydrogen (secondary N) is 2. The molecule has 2 saturated carbocycles. The third-order valence-corrected chi connectivity index (χ3v) is 6.48. The van der Waals surface area contributed by atoms with E-state index in [4.69, 9.17) is 0 Å². The van der Waals surface area contributed by atoms with Crippen LogP contribution >= 0.6 is 0 Å². The maximum Gasteiger partial charge on any atom is 0.273 e. The lowest BCUT2D eigenvalue weighted by Gasteiger charge is -2.23. The molecule has 1 aromatic heterocycles. The Morgan fingerprint density at radius 1 is 1.25 bits per heavy atom. The number of carbonyl (C=O) groups excluding carboxylic acids is 1. The monoisotopic (exact) mass is 331 g/mol. The minimum Gasteiger partial charge on any atom is -0.351 e. The van der Waals surface area contributed by atoms with Gasteiger partial charge in [0, 0.05) is 6.54 Å². The molecule has 6 nitrogen and oxygen atoms in total. The van der Waals surface area contributed by atoms with E-state index in [1.807, 2.05) is 11.6 Å². The quantitative estimate of drug-likeness (QED) is 0.866. The van der Waals surface area contributed by atoms with E-state index in [1.165, 1.54) is 25.7 Å². The van der Waals surface area contributed by atoms with Crippen molar-refractivity contribution in [3.8, 4) is 0 Å². The summed E-state index contributed by atoms with van der Waals surface area (Å²) in [6, 6.07) is 0.370. The van der Waals surface area contributed by atoms with Gasteiger partial charge in [0.2, 0.25) is 0 Å². The first-order chi connectivity index (χ1) is 11.7. The molecule has 24 heavy (non-hydrogen) atoms. The van der Waals surface area contributed by atoms with Gasteiger partial charge in [0.15, 0.2) is 5.69 Å². The molecule has 2 aliphatic carbocycles. The van der Waals surface area contributed by atoms with Crippen LogP contribution in [-0.2, 0) is 0 Å². The zero-order chi connectivity index (χ0) is 16.5. The van der Waals surface area contributed by atoms with Crippen LogP contribution in [0.4, 0.5) is 0 Å². The summed E-state index contributed by atoms with van der Waals surface area (Å²) in [5.41, 5.74) is 1.40. The molecule has 132 valence electrons. The van der Waals surface area contributed by atoms with Gasteiger partial charge in [-0.25, -0.2) is 4.68 Å². The molecule has 3 atom stereocenters. The lowest BCUT2D eigenvalue weighted by molar-refractivity contribution is 0.0944. The van der Waals surface area contributed by atoms with E-state index in [0.29, 0.717) is 11.7 Å². The average molecular weight is 331 g/mol. The highest BCUT2D eigenvalue weighted by molar-refractivity contribution is 5.93. The van der Waals surface area contributed by atoms with Crippen molar-refractivity contribution in [2.45, 2.75) is 57.9 Å². The molecule has 4 rings (SSSR count). The summed E-state index contributed by atoms with van der Waals surface area (Å²) in [6.45, 7) is 4.75. The van der Waals surface area contributed by atoms with E-state index < -0.39 is 0 Å². The molecular weight excluding hydrogens is 302 g/mol. The molecule has 0 aromatic carbocycles. The molecule has 2 N–H and O–H groups in total. The minimum atomic E-state index is -0.0594. The summed E-state index contributed by atoms with van der Waals surface area (Å²) in [5.74, 6) is 2.67. The SMILES string of the molecule is Cc1c(C(=O)NCCC2CC3CCC2C3)nnn1C1CCNCC1. The highest BCUT2D eigenvalue weighted by atomic mass is 16.2. The van der Waals surface area contributed by atoms with Gasteiger partial charge in [-0.05, 0) is 76.3 Å². The summed E-state index contributed by atoms with van der Waals surface area (Å²) >= 11 is 0. The number of fused-ring (bicyclic) bond motifs is 2. The number of piperidine rings is 1. The fraction of sp³-hybridized carbons (Fsp3) is 0.833. The van der Waals surface area contributed by atoms with Gasteiger partial charge in [-0.15, -0.1) is 5.10 Å². The fourth-order valence-corrected chi connectivity index (χ4v) is 5.13. The molecule has 2 bridgehead atoms. The first kappa shape index (κ1) is 16.1. The van der Waals surface area contributed by atoms with Crippen LogP contribution in [0.25, 0.3) is 0 Å². The third-order valence-electron chi connectivity index (χ3n) is 6.48. The number of carbonyl (C=O) groups is 1. The highest BCUT2D eigenvalue weighted by Crippen LogP contribution is 2.49. The van der Waals surface area contributed by atoms with Crippen molar-refractivity contribution in [3.63, 3.8) is 0 Å². The van der Waals surface area contributed by atoms with Crippen molar-refractivity contribution in [1.29, 1.82) is 0 Å². The van der Waals surface area contributed by atoms with E-state index in [-0.39, 0.29) is 5.91 Å². The van der Waals surface area contributed by atoms with Gasteiger partial charge in [0.1, 0.15) is 0 Å². The second-order valence-corrected chi connectivity index (χ2v) is 7.93. The van der Waals surface area contributed by atoms with Gasteiger partial charge < -0.3 is 10.6 Å². The maximum absolute atomic E-state index is 12.5.